The molecule has 1 fully saturated rings. The Morgan fingerprint density at radius 1 is 1.38 bits per heavy atom. The summed E-state index contributed by atoms with van der Waals surface area (Å²) in [5.41, 5.74) is 5.89. The molecule has 1 heterocycles. The van der Waals surface area contributed by atoms with Gasteiger partial charge in [0, 0.05) is 23.5 Å². The maximum absolute atomic E-state index is 10.6. The van der Waals surface area contributed by atoms with Gasteiger partial charge in [-0.2, -0.15) is 0 Å². The minimum atomic E-state index is -0.947. The Morgan fingerprint density at radius 3 is 2.52 bits per heavy atom. The Hall–Kier alpha value is -1.61. The lowest BCUT2D eigenvalue weighted by Gasteiger charge is -2.40. The molecule has 4 nitrogen and oxygen atoms in total. The summed E-state index contributed by atoms with van der Waals surface area (Å²) in [5, 5.41) is 8.74. The van der Waals surface area contributed by atoms with Crippen LogP contribution < -0.4 is 0 Å². The summed E-state index contributed by atoms with van der Waals surface area (Å²) in [5.74, 6) is -1.55. The summed E-state index contributed by atoms with van der Waals surface area (Å²) in [7, 11) is 0. The average molecular weight is 290 g/mol. The Labute approximate surface area is 125 Å². The van der Waals surface area contributed by atoms with E-state index in [1.807, 2.05) is 13.0 Å². The van der Waals surface area contributed by atoms with Crippen LogP contribution in [0.1, 0.15) is 34.1 Å². The topological polar surface area (TPSA) is 55.8 Å². The van der Waals surface area contributed by atoms with Gasteiger partial charge < -0.3 is 14.6 Å². The van der Waals surface area contributed by atoms with Crippen LogP contribution in [0.15, 0.2) is 40.7 Å². The standard InChI is InChI=1S/C17H22O4/c1-12(9-15(18)19)5-6-14-13(2)10-17(11-16(14,3)4)20-7-8-21-17/h5,9-10H,7-8,11H2,1-4H3,(H,18,19)/b12-9+. The summed E-state index contributed by atoms with van der Waals surface area (Å²) in [4.78, 5) is 10.6. The van der Waals surface area contributed by atoms with Gasteiger partial charge in [0.2, 0.25) is 0 Å². The zero-order chi connectivity index (χ0) is 15.7. The quantitative estimate of drug-likeness (QED) is 0.482. The number of carboxylic acids is 1. The molecule has 0 aromatic heterocycles. The van der Waals surface area contributed by atoms with Crippen LogP contribution in [0.4, 0.5) is 0 Å². The number of aliphatic carboxylic acids is 1. The molecule has 2 rings (SSSR count). The fraction of sp³-hybridized carbons (Fsp3) is 0.529. The van der Waals surface area contributed by atoms with E-state index in [1.165, 1.54) is 6.08 Å². The van der Waals surface area contributed by atoms with E-state index < -0.39 is 11.8 Å². The van der Waals surface area contributed by atoms with E-state index in [4.69, 9.17) is 14.6 Å². The maximum atomic E-state index is 10.6. The molecule has 0 bridgehead atoms. The highest BCUT2D eigenvalue weighted by Gasteiger charge is 2.45. The minimum absolute atomic E-state index is 0.150. The Kier molecular flexibility index (Phi) is 4.24. The summed E-state index contributed by atoms with van der Waals surface area (Å²) in [6.45, 7) is 9.26. The molecule has 0 saturated carbocycles. The normalized spacial score (nSPS) is 23.7. The third kappa shape index (κ3) is 3.53. The SMILES string of the molecule is CC1=CC2(CC(C)(C)C1=C=C/C(C)=C/C(=O)O)OCCO2. The van der Waals surface area contributed by atoms with Gasteiger partial charge in [0.05, 0.1) is 13.2 Å². The number of hydrogen-bond donors (Lipinski definition) is 1. The van der Waals surface area contributed by atoms with Crippen LogP contribution in [0.3, 0.4) is 0 Å². The van der Waals surface area contributed by atoms with Crippen LogP contribution in [0.2, 0.25) is 0 Å². The molecule has 4 heteroatoms. The molecule has 0 atom stereocenters. The average Bonchev–Trinajstić information content (AvgIpc) is 2.73. The lowest BCUT2D eigenvalue weighted by atomic mass is 9.71. The number of hydrogen-bond acceptors (Lipinski definition) is 3. The molecule has 114 valence electrons. The summed E-state index contributed by atoms with van der Waals surface area (Å²) >= 11 is 0. The summed E-state index contributed by atoms with van der Waals surface area (Å²) in [6.07, 6.45) is 5.64. The minimum Gasteiger partial charge on any atom is -0.478 e. The van der Waals surface area contributed by atoms with E-state index in [9.17, 15) is 4.79 Å². The first kappa shape index (κ1) is 15.8. The van der Waals surface area contributed by atoms with Crippen LogP contribution in [0, 0.1) is 5.41 Å². The van der Waals surface area contributed by atoms with Crippen molar-refractivity contribution in [2.75, 3.05) is 13.2 Å². The van der Waals surface area contributed by atoms with E-state index in [0.29, 0.717) is 18.8 Å². The van der Waals surface area contributed by atoms with Crippen LogP contribution in [0.25, 0.3) is 0 Å². The molecule has 1 spiro atoms. The first-order valence-electron chi connectivity index (χ1n) is 7.10. The van der Waals surface area contributed by atoms with Crippen molar-refractivity contribution in [2.24, 2.45) is 5.41 Å². The molecule has 1 aliphatic heterocycles. The lowest BCUT2D eigenvalue weighted by molar-refractivity contribution is -0.139. The zero-order valence-corrected chi connectivity index (χ0v) is 13.0. The fourth-order valence-electron chi connectivity index (χ4n) is 3.08. The molecule has 1 N–H and O–H groups in total. The van der Waals surface area contributed by atoms with E-state index in [2.05, 4.69) is 19.6 Å². The monoisotopic (exact) mass is 290 g/mol. The van der Waals surface area contributed by atoms with Gasteiger partial charge >= 0.3 is 5.97 Å². The van der Waals surface area contributed by atoms with Gasteiger partial charge in [0.15, 0.2) is 5.79 Å². The van der Waals surface area contributed by atoms with Crippen molar-refractivity contribution in [3.63, 3.8) is 0 Å². The van der Waals surface area contributed by atoms with Crippen molar-refractivity contribution in [2.45, 2.75) is 39.9 Å². The van der Waals surface area contributed by atoms with E-state index in [0.717, 1.165) is 17.6 Å². The predicted molar refractivity (Wildman–Crippen MR) is 79.8 cm³/mol. The predicted octanol–water partition coefficient (Wildman–Crippen LogP) is 3.22. The van der Waals surface area contributed by atoms with Crippen molar-refractivity contribution in [1.82, 2.24) is 0 Å². The fourth-order valence-corrected chi connectivity index (χ4v) is 3.08. The van der Waals surface area contributed by atoms with E-state index in [1.54, 1.807) is 13.0 Å². The van der Waals surface area contributed by atoms with E-state index >= 15 is 0 Å². The van der Waals surface area contributed by atoms with Crippen LogP contribution >= 0.6 is 0 Å². The summed E-state index contributed by atoms with van der Waals surface area (Å²) < 4.78 is 11.5. The van der Waals surface area contributed by atoms with Gasteiger partial charge in [0.1, 0.15) is 0 Å². The molecule has 0 unspecified atom stereocenters. The highest BCUT2D eigenvalue weighted by molar-refractivity contribution is 5.81. The van der Waals surface area contributed by atoms with Crippen LogP contribution in [-0.4, -0.2) is 30.1 Å². The molecular formula is C17H22O4. The van der Waals surface area contributed by atoms with Crippen molar-refractivity contribution in [3.8, 4) is 0 Å². The number of carbonyl (C=O) groups is 1. The molecule has 1 saturated heterocycles. The highest BCUT2D eigenvalue weighted by atomic mass is 16.7. The Morgan fingerprint density at radius 2 is 2.00 bits per heavy atom. The van der Waals surface area contributed by atoms with Crippen molar-refractivity contribution in [1.29, 1.82) is 0 Å². The smallest absolute Gasteiger partial charge is 0.328 e. The lowest BCUT2D eigenvalue weighted by Crippen LogP contribution is -2.39. The first-order chi connectivity index (χ1) is 9.74. The maximum Gasteiger partial charge on any atom is 0.328 e. The molecule has 0 amide bonds. The van der Waals surface area contributed by atoms with Gasteiger partial charge in [-0.3, -0.25) is 0 Å². The van der Waals surface area contributed by atoms with Crippen molar-refractivity contribution >= 4 is 5.97 Å². The molecule has 0 aromatic carbocycles. The third-order valence-electron chi connectivity index (χ3n) is 3.77. The van der Waals surface area contributed by atoms with Gasteiger partial charge in [-0.1, -0.05) is 13.8 Å². The van der Waals surface area contributed by atoms with Gasteiger partial charge in [-0.05, 0) is 37.1 Å². The molecule has 21 heavy (non-hydrogen) atoms. The number of allylic oxidation sites excluding steroid dienone is 3. The highest BCUT2D eigenvalue weighted by Crippen LogP contribution is 2.47. The number of ether oxygens (including phenoxy) is 2. The second kappa shape index (κ2) is 5.64. The second-order valence-corrected chi connectivity index (χ2v) is 6.29. The molecule has 1 aliphatic carbocycles. The third-order valence-corrected chi connectivity index (χ3v) is 3.77. The second-order valence-electron chi connectivity index (χ2n) is 6.29. The summed E-state index contributed by atoms with van der Waals surface area (Å²) in [6, 6.07) is 0. The van der Waals surface area contributed by atoms with Crippen molar-refractivity contribution < 1.29 is 19.4 Å². The Bertz CT molecular complexity index is 566. The molecular weight excluding hydrogens is 268 g/mol. The van der Waals surface area contributed by atoms with Gasteiger partial charge in [-0.15, -0.1) is 5.73 Å². The van der Waals surface area contributed by atoms with Crippen LogP contribution in [-0.2, 0) is 14.3 Å². The molecule has 0 aromatic rings. The first-order valence-corrected chi connectivity index (χ1v) is 7.10. The number of carboxylic acid groups (broad SMARTS) is 1. The zero-order valence-electron chi connectivity index (χ0n) is 13.0. The van der Waals surface area contributed by atoms with Crippen LogP contribution in [0.5, 0.6) is 0 Å². The van der Waals surface area contributed by atoms with Gasteiger partial charge in [-0.25, -0.2) is 4.79 Å². The van der Waals surface area contributed by atoms with Gasteiger partial charge in [0.25, 0.3) is 0 Å². The van der Waals surface area contributed by atoms with E-state index in [-0.39, 0.29) is 5.41 Å². The molecule has 0 radical (unpaired) electrons. The largest absolute Gasteiger partial charge is 0.478 e. The Balaban J connectivity index is 2.40. The number of rotatable bonds is 2. The van der Waals surface area contributed by atoms with Crippen molar-refractivity contribution in [3.05, 3.63) is 40.7 Å². The molecule has 2 aliphatic rings.